The predicted octanol–water partition coefficient (Wildman–Crippen LogP) is 2.77. The zero-order valence-electron chi connectivity index (χ0n) is 11.4. The van der Waals surface area contributed by atoms with E-state index in [1.54, 1.807) is 6.07 Å². The average molecular weight is 275 g/mol. The summed E-state index contributed by atoms with van der Waals surface area (Å²) in [5.41, 5.74) is 3.32. The van der Waals surface area contributed by atoms with Gasteiger partial charge in [-0.2, -0.15) is 5.26 Å². The van der Waals surface area contributed by atoms with E-state index in [2.05, 4.69) is 11.4 Å². The van der Waals surface area contributed by atoms with E-state index < -0.39 is 11.6 Å². The van der Waals surface area contributed by atoms with Crippen molar-refractivity contribution in [2.75, 3.05) is 0 Å². The summed E-state index contributed by atoms with van der Waals surface area (Å²) in [6.45, 7) is 2.95. The summed E-state index contributed by atoms with van der Waals surface area (Å²) in [6.07, 6.45) is 0. The molecule has 1 aromatic heterocycles. The van der Waals surface area contributed by atoms with E-state index in [1.807, 2.05) is 24.6 Å². The van der Waals surface area contributed by atoms with E-state index in [9.17, 15) is 8.78 Å². The van der Waals surface area contributed by atoms with Crippen molar-refractivity contribution < 1.29 is 8.78 Å². The highest BCUT2D eigenvalue weighted by molar-refractivity contribution is 5.34. The van der Waals surface area contributed by atoms with Crippen LogP contribution >= 0.6 is 0 Å². The fraction of sp³-hybridized carbons (Fsp3) is 0.267. The number of rotatable bonds is 4. The number of nitrogens with one attached hydrogen (secondary N) is 1. The topological polar surface area (TPSA) is 40.8 Å². The molecule has 0 saturated heterocycles. The average Bonchev–Trinajstić information content (AvgIpc) is 2.70. The fourth-order valence-corrected chi connectivity index (χ4v) is 2.04. The Balaban J connectivity index is 1.99. The smallest absolute Gasteiger partial charge is 0.159 e. The molecule has 0 aliphatic heterocycles. The zero-order chi connectivity index (χ0) is 14.7. The van der Waals surface area contributed by atoms with Crippen LogP contribution in [0, 0.1) is 29.9 Å². The largest absolute Gasteiger partial charge is 0.340 e. The minimum atomic E-state index is -0.841. The standard InChI is InChI=1S/C15H15F2N3/c1-10-12(6-13(7-18)20(10)2)9-19-8-11-3-4-14(16)15(17)5-11/h3-6,19H,8-9H2,1-2H3. The maximum absolute atomic E-state index is 13.1. The molecule has 104 valence electrons. The lowest BCUT2D eigenvalue weighted by molar-refractivity contribution is 0.506. The Kier molecular flexibility index (Phi) is 4.16. The van der Waals surface area contributed by atoms with E-state index in [4.69, 9.17) is 5.26 Å². The monoisotopic (exact) mass is 275 g/mol. The van der Waals surface area contributed by atoms with Crippen molar-refractivity contribution in [2.45, 2.75) is 20.0 Å². The Morgan fingerprint density at radius 1 is 1.20 bits per heavy atom. The molecule has 1 N–H and O–H groups in total. The third kappa shape index (κ3) is 2.86. The zero-order valence-corrected chi connectivity index (χ0v) is 11.4. The van der Waals surface area contributed by atoms with Crippen LogP contribution in [0.3, 0.4) is 0 Å². The molecule has 0 spiro atoms. The molecule has 1 heterocycles. The van der Waals surface area contributed by atoms with Crippen molar-refractivity contribution in [1.82, 2.24) is 9.88 Å². The SMILES string of the molecule is Cc1c(CNCc2ccc(F)c(F)c2)cc(C#N)n1C. The number of halogens is 2. The van der Waals surface area contributed by atoms with Gasteiger partial charge in [-0.3, -0.25) is 0 Å². The van der Waals surface area contributed by atoms with Crippen molar-refractivity contribution in [3.05, 3.63) is 58.4 Å². The van der Waals surface area contributed by atoms with E-state index >= 15 is 0 Å². The van der Waals surface area contributed by atoms with Crippen molar-refractivity contribution >= 4 is 0 Å². The lowest BCUT2D eigenvalue weighted by Gasteiger charge is -2.06. The molecule has 0 aliphatic rings. The van der Waals surface area contributed by atoms with E-state index in [1.165, 1.54) is 6.07 Å². The fourth-order valence-electron chi connectivity index (χ4n) is 2.04. The van der Waals surface area contributed by atoms with Gasteiger partial charge in [-0.15, -0.1) is 0 Å². The summed E-state index contributed by atoms with van der Waals surface area (Å²) in [7, 11) is 1.84. The molecule has 0 atom stereocenters. The highest BCUT2D eigenvalue weighted by atomic mass is 19.2. The molecule has 0 bridgehead atoms. The minimum absolute atomic E-state index is 0.438. The molecule has 0 fully saturated rings. The van der Waals surface area contributed by atoms with Crippen molar-refractivity contribution in [1.29, 1.82) is 5.26 Å². The first-order chi connectivity index (χ1) is 9.52. The number of nitrogens with zero attached hydrogens (tertiary/aromatic N) is 2. The molecule has 0 amide bonds. The highest BCUT2D eigenvalue weighted by Crippen LogP contribution is 2.13. The second-order valence-corrected chi connectivity index (χ2v) is 4.66. The predicted molar refractivity (Wildman–Crippen MR) is 71.8 cm³/mol. The number of nitriles is 1. The Hall–Kier alpha value is -2.19. The lowest BCUT2D eigenvalue weighted by atomic mass is 10.2. The second kappa shape index (κ2) is 5.85. The molecule has 3 nitrogen and oxygen atoms in total. The van der Waals surface area contributed by atoms with E-state index in [0.717, 1.165) is 17.3 Å². The maximum Gasteiger partial charge on any atom is 0.159 e. The molecule has 0 aliphatic carbocycles. The Morgan fingerprint density at radius 2 is 1.95 bits per heavy atom. The number of hydrogen-bond acceptors (Lipinski definition) is 2. The van der Waals surface area contributed by atoms with Gasteiger partial charge in [-0.05, 0) is 36.2 Å². The Morgan fingerprint density at radius 3 is 2.55 bits per heavy atom. The first kappa shape index (κ1) is 14.2. The third-order valence-corrected chi connectivity index (χ3v) is 3.38. The van der Waals surface area contributed by atoms with Crippen LogP contribution in [0.1, 0.15) is 22.5 Å². The molecular formula is C15H15F2N3. The summed E-state index contributed by atoms with van der Waals surface area (Å²) in [6, 6.07) is 7.80. The number of benzene rings is 1. The Bertz CT molecular complexity index is 668. The number of hydrogen-bond donors (Lipinski definition) is 1. The van der Waals surface area contributed by atoms with Crippen LogP contribution in [0.4, 0.5) is 8.78 Å². The van der Waals surface area contributed by atoms with Gasteiger partial charge < -0.3 is 9.88 Å². The summed E-state index contributed by atoms with van der Waals surface area (Å²) < 4.78 is 27.7. The number of aromatic nitrogens is 1. The van der Waals surface area contributed by atoms with Gasteiger partial charge in [0.25, 0.3) is 0 Å². The molecule has 0 unspecified atom stereocenters. The molecule has 2 rings (SSSR count). The van der Waals surface area contributed by atoms with Gasteiger partial charge in [-0.1, -0.05) is 6.07 Å². The van der Waals surface area contributed by atoms with Crippen LogP contribution in [0.2, 0.25) is 0 Å². The van der Waals surface area contributed by atoms with Crippen LogP contribution in [0.25, 0.3) is 0 Å². The van der Waals surface area contributed by atoms with Gasteiger partial charge in [-0.25, -0.2) is 8.78 Å². The molecule has 2 aromatic rings. The van der Waals surface area contributed by atoms with Crippen molar-refractivity contribution in [3.8, 4) is 6.07 Å². The molecule has 20 heavy (non-hydrogen) atoms. The van der Waals surface area contributed by atoms with Crippen molar-refractivity contribution in [3.63, 3.8) is 0 Å². The van der Waals surface area contributed by atoms with Crippen LogP contribution in [0.15, 0.2) is 24.3 Å². The van der Waals surface area contributed by atoms with Gasteiger partial charge in [0.15, 0.2) is 11.6 Å². The summed E-state index contributed by atoms with van der Waals surface area (Å²) in [5, 5.41) is 12.1. The first-order valence-corrected chi connectivity index (χ1v) is 6.23. The van der Waals surface area contributed by atoms with Crippen LogP contribution < -0.4 is 5.32 Å². The van der Waals surface area contributed by atoms with Crippen LogP contribution in [-0.2, 0) is 20.1 Å². The van der Waals surface area contributed by atoms with E-state index in [0.29, 0.717) is 24.3 Å². The van der Waals surface area contributed by atoms with Gasteiger partial charge in [0.1, 0.15) is 11.8 Å². The summed E-state index contributed by atoms with van der Waals surface area (Å²) in [5.74, 6) is -1.68. The van der Waals surface area contributed by atoms with Gasteiger partial charge in [0, 0.05) is 25.8 Å². The first-order valence-electron chi connectivity index (χ1n) is 6.23. The molecule has 1 aromatic carbocycles. The minimum Gasteiger partial charge on any atom is -0.340 e. The molecule has 0 radical (unpaired) electrons. The van der Waals surface area contributed by atoms with Gasteiger partial charge in [0.05, 0.1) is 0 Å². The van der Waals surface area contributed by atoms with Gasteiger partial charge >= 0.3 is 0 Å². The lowest BCUT2D eigenvalue weighted by Crippen LogP contribution is -2.13. The quantitative estimate of drug-likeness (QED) is 0.932. The van der Waals surface area contributed by atoms with Crippen LogP contribution in [0.5, 0.6) is 0 Å². The molecule has 0 saturated carbocycles. The third-order valence-electron chi connectivity index (χ3n) is 3.38. The highest BCUT2D eigenvalue weighted by Gasteiger charge is 2.08. The summed E-state index contributed by atoms with van der Waals surface area (Å²) >= 11 is 0. The maximum atomic E-state index is 13.1. The Labute approximate surface area is 116 Å². The second-order valence-electron chi connectivity index (χ2n) is 4.66. The van der Waals surface area contributed by atoms with Crippen LogP contribution in [-0.4, -0.2) is 4.57 Å². The van der Waals surface area contributed by atoms with Crippen molar-refractivity contribution in [2.24, 2.45) is 7.05 Å². The normalized spacial score (nSPS) is 10.6. The van der Waals surface area contributed by atoms with Gasteiger partial charge in [0.2, 0.25) is 0 Å². The molecule has 5 heteroatoms. The molecular weight excluding hydrogens is 260 g/mol. The van der Waals surface area contributed by atoms with E-state index in [-0.39, 0.29) is 0 Å². The summed E-state index contributed by atoms with van der Waals surface area (Å²) in [4.78, 5) is 0.